The van der Waals surface area contributed by atoms with Crippen LogP contribution in [0.2, 0.25) is 0 Å². The molecule has 9 nitrogen and oxygen atoms in total. The third kappa shape index (κ3) is 2.71. The predicted molar refractivity (Wildman–Crippen MR) is 95.5 cm³/mol. The zero-order chi connectivity index (χ0) is 17.4. The third-order valence-corrected chi connectivity index (χ3v) is 3.45. The number of aromatic nitrogens is 3. The highest BCUT2D eigenvalue weighted by atomic mass is 15.3. The number of nitrogens with two attached hydrogens (primary N) is 1. The summed E-state index contributed by atoms with van der Waals surface area (Å²) in [6.45, 7) is 0. The fourth-order valence-electron chi connectivity index (χ4n) is 2.23. The first-order chi connectivity index (χ1) is 11.4. The number of nitrogens with one attached hydrogen (secondary N) is 1. The summed E-state index contributed by atoms with van der Waals surface area (Å²) in [4.78, 5) is 17.1. The van der Waals surface area contributed by atoms with Gasteiger partial charge in [0.1, 0.15) is 11.5 Å². The van der Waals surface area contributed by atoms with Gasteiger partial charge in [0.05, 0.1) is 17.6 Å². The molecule has 0 saturated heterocycles. The Bertz CT molecular complexity index is 899. The molecule has 2 aromatic rings. The standard InChI is InChI=1S/C15H19N9/c1-22(2)12-5-6-24-15(20-12)11(8-18-24)19-13-9(16)7-10(17)14(21-13)23(3)4/h5-8,17H,16H2,1-4H3/b17-10?,19-13+. The molecule has 0 spiro atoms. The van der Waals surface area contributed by atoms with Gasteiger partial charge in [0.15, 0.2) is 17.3 Å². The molecule has 124 valence electrons. The Kier molecular flexibility index (Phi) is 3.76. The van der Waals surface area contributed by atoms with Crippen LogP contribution in [0, 0.1) is 5.41 Å². The molecule has 9 heteroatoms. The van der Waals surface area contributed by atoms with E-state index in [-0.39, 0.29) is 5.71 Å². The Morgan fingerprint density at radius 2 is 1.96 bits per heavy atom. The number of hydrogen-bond acceptors (Lipinski definition) is 7. The van der Waals surface area contributed by atoms with E-state index in [4.69, 9.17) is 11.1 Å². The van der Waals surface area contributed by atoms with Gasteiger partial charge in [0.2, 0.25) is 0 Å². The maximum atomic E-state index is 7.93. The number of aliphatic imine (C=N–C) groups is 2. The van der Waals surface area contributed by atoms with Crippen molar-refractivity contribution in [3.63, 3.8) is 0 Å². The molecule has 0 atom stereocenters. The second-order valence-electron chi connectivity index (χ2n) is 5.76. The lowest BCUT2D eigenvalue weighted by atomic mass is 10.2. The fourth-order valence-corrected chi connectivity index (χ4v) is 2.23. The molecule has 0 radical (unpaired) electrons. The van der Waals surface area contributed by atoms with Gasteiger partial charge in [-0.25, -0.2) is 19.5 Å². The van der Waals surface area contributed by atoms with Gasteiger partial charge in [-0.1, -0.05) is 0 Å². The summed E-state index contributed by atoms with van der Waals surface area (Å²) in [6.07, 6.45) is 4.99. The first kappa shape index (κ1) is 15.7. The number of hydrogen-bond donors (Lipinski definition) is 2. The number of anilines is 1. The van der Waals surface area contributed by atoms with E-state index in [0.29, 0.717) is 28.7 Å². The Labute approximate surface area is 139 Å². The molecule has 3 rings (SSSR count). The molecule has 24 heavy (non-hydrogen) atoms. The molecule has 0 bridgehead atoms. The quantitative estimate of drug-likeness (QED) is 0.842. The van der Waals surface area contributed by atoms with Crippen LogP contribution in [-0.4, -0.2) is 65.1 Å². The van der Waals surface area contributed by atoms with Crippen molar-refractivity contribution in [2.24, 2.45) is 15.7 Å². The fraction of sp³-hybridized carbons (Fsp3) is 0.267. The van der Waals surface area contributed by atoms with Crippen LogP contribution in [0.4, 0.5) is 11.5 Å². The zero-order valence-corrected chi connectivity index (χ0v) is 14.0. The van der Waals surface area contributed by atoms with Gasteiger partial charge in [-0.2, -0.15) is 5.10 Å². The van der Waals surface area contributed by atoms with E-state index in [1.54, 1.807) is 21.7 Å². The normalized spacial score (nSPS) is 16.3. The molecule has 1 aliphatic rings. The molecule has 0 aromatic carbocycles. The molecule has 0 fully saturated rings. The van der Waals surface area contributed by atoms with Crippen molar-refractivity contribution < 1.29 is 0 Å². The highest BCUT2D eigenvalue weighted by Gasteiger charge is 2.18. The Morgan fingerprint density at radius 1 is 1.21 bits per heavy atom. The Morgan fingerprint density at radius 3 is 2.62 bits per heavy atom. The first-order valence-electron chi connectivity index (χ1n) is 7.29. The minimum atomic E-state index is 0.254. The van der Waals surface area contributed by atoms with Crippen molar-refractivity contribution >= 4 is 34.5 Å². The largest absolute Gasteiger partial charge is 0.396 e. The topological polar surface area (TPSA) is 111 Å². The molecular formula is C15H19N9. The van der Waals surface area contributed by atoms with E-state index in [1.807, 2.05) is 45.4 Å². The molecule has 3 N–H and O–H groups in total. The maximum absolute atomic E-state index is 7.93. The molecule has 0 saturated carbocycles. The first-order valence-corrected chi connectivity index (χ1v) is 7.29. The van der Waals surface area contributed by atoms with E-state index in [1.165, 1.54) is 0 Å². The summed E-state index contributed by atoms with van der Waals surface area (Å²) in [5.74, 6) is 1.65. The van der Waals surface area contributed by atoms with Gasteiger partial charge < -0.3 is 15.5 Å². The average molecular weight is 325 g/mol. The molecule has 3 heterocycles. The SMILES string of the molecule is CN(C)C1=N/C(=N/c2cnn3ccc(N(C)C)nc23)C(N)=CC1=N. The Hall–Kier alpha value is -3.23. The van der Waals surface area contributed by atoms with Gasteiger partial charge in [-0.15, -0.1) is 0 Å². The summed E-state index contributed by atoms with van der Waals surface area (Å²) < 4.78 is 1.65. The van der Waals surface area contributed by atoms with E-state index < -0.39 is 0 Å². The van der Waals surface area contributed by atoms with Gasteiger partial charge in [0, 0.05) is 34.4 Å². The van der Waals surface area contributed by atoms with Crippen molar-refractivity contribution in [2.75, 3.05) is 33.1 Å². The van der Waals surface area contributed by atoms with Crippen LogP contribution < -0.4 is 10.6 Å². The molecule has 1 aliphatic heterocycles. The molecule has 0 aliphatic carbocycles. The monoisotopic (exact) mass is 325 g/mol. The van der Waals surface area contributed by atoms with E-state index in [9.17, 15) is 0 Å². The number of amidine groups is 2. The highest BCUT2D eigenvalue weighted by Crippen LogP contribution is 2.22. The summed E-state index contributed by atoms with van der Waals surface area (Å²) in [7, 11) is 7.48. The van der Waals surface area contributed by atoms with Crippen molar-refractivity contribution in [3.05, 3.63) is 30.2 Å². The minimum Gasteiger partial charge on any atom is -0.396 e. The average Bonchev–Trinajstić information content (AvgIpc) is 2.91. The number of fused-ring (bicyclic) bond motifs is 1. The van der Waals surface area contributed by atoms with Gasteiger partial charge >= 0.3 is 0 Å². The van der Waals surface area contributed by atoms with E-state index in [2.05, 4.69) is 20.1 Å². The van der Waals surface area contributed by atoms with E-state index in [0.717, 1.165) is 5.82 Å². The van der Waals surface area contributed by atoms with Crippen molar-refractivity contribution in [1.82, 2.24) is 19.5 Å². The lowest BCUT2D eigenvalue weighted by molar-refractivity contribution is 0.631. The summed E-state index contributed by atoms with van der Waals surface area (Å²) in [6, 6.07) is 1.87. The van der Waals surface area contributed by atoms with Crippen molar-refractivity contribution in [3.8, 4) is 0 Å². The van der Waals surface area contributed by atoms with Crippen molar-refractivity contribution in [2.45, 2.75) is 0 Å². The lowest BCUT2D eigenvalue weighted by Gasteiger charge is -2.19. The number of rotatable bonds is 2. The summed E-state index contributed by atoms with van der Waals surface area (Å²) >= 11 is 0. The van der Waals surface area contributed by atoms with Crippen LogP contribution in [0.15, 0.2) is 40.2 Å². The van der Waals surface area contributed by atoms with Gasteiger partial charge in [-0.3, -0.25) is 5.41 Å². The van der Waals surface area contributed by atoms with Crippen LogP contribution in [0.1, 0.15) is 0 Å². The molecule has 2 aromatic heterocycles. The Balaban J connectivity index is 2.10. The highest BCUT2D eigenvalue weighted by molar-refractivity contribution is 6.48. The number of dihydropyridines is 1. The van der Waals surface area contributed by atoms with Crippen molar-refractivity contribution in [1.29, 1.82) is 5.41 Å². The van der Waals surface area contributed by atoms with Crippen LogP contribution in [-0.2, 0) is 0 Å². The van der Waals surface area contributed by atoms with E-state index >= 15 is 0 Å². The minimum absolute atomic E-state index is 0.254. The van der Waals surface area contributed by atoms with Crippen LogP contribution >= 0.6 is 0 Å². The molecular weight excluding hydrogens is 306 g/mol. The second kappa shape index (κ2) is 5.76. The van der Waals surface area contributed by atoms with Crippen LogP contribution in [0.5, 0.6) is 0 Å². The molecule has 0 unspecified atom stereocenters. The predicted octanol–water partition coefficient (Wildman–Crippen LogP) is 0.661. The molecule has 0 amide bonds. The van der Waals surface area contributed by atoms with Gasteiger partial charge in [-0.05, 0) is 12.1 Å². The zero-order valence-electron chi connectivity index (χ0n) is 14.0. The summed E-state index contributed by atoms with van der Waals surface area (Å²) in [5.41, 5.74) is 7.76. The summed E-state index contributed by atoms with van der Waals surface area (Å²) in [5, 5.41) is 12.2. The van der Waals surface area contributed by atoms with Crippen LogP contribution in [0.3, 0.4) is 0 Å². The number of nitrogens with zero attached hydrogens (tertiary/aromatic N) is 7. The lowest BCUT2D eigenvalue weighted by Crippen LogP contribution is -2.34. The van der Waals surface area contributed by atoms with Crippen LogP contribution in [0.25, 0.3) is 5.65 Å². The van der Waals surface area contributed by atoms with Gasteiger partial charge in [0.25, 0.3) is 0 Å². The second-order valence-corrected chi connectivity index (χ2v) is 5.76. The third-order valence-electron chi connectivity index (χ3n) is 3.45. The maximum Gasteiger partial charge on any atom is 0.183 e. The smallest absolute Gasteiger partial charge is 0.183 e.